The first-order chi connectivity index (χ1) is 21.4. The summed E-state index contributed by atoms with van der Waals surface area (Å²) in [6, 6.07) is 11.8. The second-order valence-corrected chi connectivity index (χ2v) is 11.4. The molecule has 0 aliphatic heterocycles. The molecule has 7 rings (SSSR count). The molecule has 7 aromatic rings. The first kappa shape index (κ1) is 28.9. The Kier molecular flexibility index (Phi) is 8.04. The maximum Gasteiger partial charge on any atom is 0.264 e. The predicted molar refractivity (Wildman–Crippen MR) is 168 cm³/mol. The molecule has 0 atom stereocenters. The minimum absolute atomic E-state index is 0.291. The average molecular weight is 629 g/mol. The number of pyridine rings is 2. The molecule has 7 heterocycles. The molecule has 13 nitrogen and oxygen atoms in total. The zero-order valence-corrected chi connectivity index (χ0v) is 25.9. The Bertz CT molecular complexity index is 2070. The predicted octanol–water partition coefficient (Wildman–Crippen LogP) is 5.21. The van der Waals surface area contributed by atoms with Gasteiger partial charge in [-0.3, -0.25) is 9.89 Å². The van der Waals surface area contributed by atoms with Crippen molar-refractivity contribution in [1.29, 1.82) is 0 Å². The van der Waals surface area contributed by atoms with Gasteiger partial charge in [-0.1, -0.05) is 12.1 Å². The third-order valence-corrected chi connectivity index (χ3v) is 8.60. The van der Waals surface area contributed by atoms with Crippen molar-refractivity contribution in [3.63, 3.8) is 0 Å². The van der Waals surface area contributed by atoms with Crippen molar-refractivity contribution in [2.75, 3.05) is 13.2 Å². The molecular formula is C29H28N10O3S2. The van der Waals surface area contributed by atoms with Crippen LogP contribution < -0.4 is 15.2 Å². The monoisotopic (exact) mass is 628 g/mol. The first-order valence-electron chi connectivity index (χ1n) is 13.7. The second kappa shape index (κ2) is 12.2. The highest BCUT2D eigenvalue weighted by Gasteiger charge is 2.23. The van der Waals surface area contributed by atoms with E-state index < -0.39 is 5.91 Å². The van der Waals surface area contributed by atoms with E-state index in [2.05, 4.69) is 35.3 Å². The zero-order chi connectivity index (χ0) is 30.8. The Labute approximate surface area is 259 Å². The molecule has 1 amide bonds. The fourth-order valence-electron chi connectivity index (χ4n) is 4.68. The van der Waals surface area contributed by atoms with E-state index >= 15 is 0 Å². The number of thiazole rings is 2. The molecule has 0 saturated carbocycles. The van der Waals surface area contributed by atoms with E-state index in [0.717, 1.165) is 43.4 Å². The Morgan fingerprint density at radius 3 is 1.98 bits per heavy atom. The van der Waals surface area contributed by atoms with Crippen molar-refractivity contribution < 1.29 is 14.3 Å². The lowest BCUT2D eigenvalue weighted by Gasteiger charge is -1.99. The van der Waals surface area contributed by atoms with Crippen molar-refractivity contribution in [2.24, 2.45) is 5.73 Å². The lowest BCUT2D eigenvalue weighted by atomic mass is 10.2. The highest BCUT2D eigenvalue weighted by atomic mass is 32.1. The van der Waals surface area contributed by atoms with Gasteiger partial charge in [0, 0.05) is 12.4 Å². The number of ether oxygens (including phenoxy) is 2. The van der Waals surface area contributed by atoms with E-state index in [1.165, 1.54) is 29.0 Å². The third kappa shape index (κ3) is 5.38. The number of nitrogens with two attached hydrogens (primary N) is 1. The molecule has 0 fully saturated rings. The normalized spacial score (nSPS) is 11.1. The molecule has 0 bridgehead atoms. The van der Waals surface area contributed by atoms with Crippen LogP contribution in [0.15, 0.2) is 55.1 Å². The highest BCUT2D eigenvalue weighted by molar-refractivity contribution is 7.18. The largest absolute Gasteiger partial charge is 0.477 e. The van der Waals surface area contributed by atoms with E-state index in [-0.39, 0.29) is 0 Å². The number of H-pyrrole nitrogens is 1. The number of primary amides is 1. The fourth-order valence-corrected chi connectivity index (χ4v) is 6.71. The molecule has 0 aliphatic rings. The summed E-state index contributed by atoms with van der Waals surface area (Å²) >= 11 is 2.75. The molecule has 0 aliphatic carbocycles. The minimum atomic E-state index is -0.531. The van der Waals surface area contributed by atoms with Crippen LogP contribution in [0, 0.1) is 13.8 Å². The molecule has 0 unspecified atom stereocenters. The van der Waals surface area contributed by atoms with E-state index in [1.54, 1.807) is 4.52 Å². The van der Waals surface area contributed by atoms with Gasteiger partial charge in [0.25, 0.3) is 5.91 Å². The Hall–Kier alpha value is -5.15. The van der Waals surface area contributed by atoms with Gasteiger partial charge in [0.2, 0.25) is 11.8 Å². The van der Waals surface area contributed by atoms with E-state index in [9.17, 15) is 4.79 Å². The van der Waals surface area contributed by atoms with Crippen molar-refractivity contribution in [3.05, 3.63) is 71.4 Å². The molecule has 0 spiro atoms. The van der Waals surface area contributed by atoms with Gasteiger partial charge in [0.05, 0.1) is 46.8 Å². The number of aryl methyl sites for hydroxylation is 2. The summed E-state index contributed by atoms with van der Waals surface area (Å²) in [5.41, 5.74) is 11.0. The van der Waals surface area contributed by atoms with Gasteiger partial charge in [0.1, 0.15) is 21.2 Å². The zero-order valence-electron chi connectivity index (χ0n) is 24.3. The Balaban J connectivity index is 0.000000157. The number of nitrogens with one attached hydrogen (secondary N) is 1. The molecule has 3 N–H and O–H groups in total. The van der Waals surface area contributed by atoms with Crippen LogP contribution in [0.2, 0.25) is 0 Å². The van der Waals surface area contributed by atoms with Crippen molar-refractivity contribution in [3.8, 4) is 43.6 Å². The number of amides is 1. The van der Waals surface area contributed by atoms with Crippen LogP contribution in [-0.2, 0) is 0 Å². The lowest BCUT2D eigenvalue weighted by Crippen LogP contribution is -2.10. The molecule has 0 radical (unpaired) electrons. The number of nitrogens with zero attached hydrogens (tertiary/aromatic N) is 8. The molecule has 44 heavy (non-hydrogen) atoms. The van der Waals surface area contributed by atoms with Crippen LogP contribution in [0.5, 0.6) is 11.8 Å². The van der Waals surface area contributed by atoms with E-state index in [0.29, 0.717) is 40.7 Å². The van der Waals surface area contributed by atoms with Gasteiger partial charge < -0.3 is 15.2 Å². The number of carbonyl (C=O) groups excluding carboxylic acids is 1. The van der Waals surface area contributed by atoms with Crippen molar-refractivity contribution in [1.82, 2.24) is 44.4 Å². The maximum atomic E-state index is 11.5. The van der Waals surface area contributed by atoms with Gasteiger partial charge in [-0.15, -0.1) is 22.7 Å². The molecule has 0 saturated heterocycles. The quantitative estimate of drug-likeness (QED) is 0.230. The summed E-state index contributed by atoms with van der Waals surface area (Å²) in [6.07, 6.45) is 5.28. The van der Waals surface area contributed by atoms with E-state index in [4.69, 9.17) is 15.2 Å². The highest BCUT2D eigenvalue weighted by Crippen LogP contribution is 2.41. The van der Waals surface area contributed by atoms with Crippen LogP contribution in [-0.4, -0.2) is 63.5 Å². The van der Waals surface area contributed by atoms with Crippen LogP contribution in [0.1, 0.15) is 34.9 Å². The van der Waals surface area contributed by atoms with Gasteiger partial charge in [-0.2, -0.15) is 15.3 Å². The van der Waals surface area contributed by atoms with E-state index in [1.807, 2.05) is 81.0 Å². The van der Waals surface area contributed by atoms with Crippen molar-refractivity contribution >= 4 is 39.6 Å². The Morgan fingerprint density at radius 1 is 0.864 bits per heavy atom. The lowest BCUT2D eigenvalue weighted by molar-refractivity contribution is 0.100. The number of aromatic nitrogens is 9. The third-order valence-electron chi connectivity index (χ3n) is 6.47. The van der Waals surface area contributed by atoms with Crippen LogP contribution in [0.25, 0.3) is 42.9 Å². The summed E-state index contributed by atoms with van der Waals surface area (Å²) in [7, 11) is 0. The standard InChI is InChI=1S/C15H14N6OS.C14H14N4O2S/c1-3-22-14-12(13-16-8-17-19-13)23-15(18-14)11-9(2)20-21-7-5-4-6-10(11)21;1-3-20-13-11(12(15)19)21-14(16-13)10-8(2)17-18-7-5-4-6-9(10)18/h4-8H,3H2,1-2H3,(H,16,17,19);4-7H,3H2,1-2H3,(H2,15,19). The summed E-state index contributed by atoms with van der Waals surface area (Å²) in [6.45, 7) is 8.63. The number of carbonyl (C=O) groups is 1. The van der Waals surface area contributed by atoms with Crippen LogP contribution in [0.4, 0.5) is 0 Å². The maximum absolute atomic E-state index is 11.5. The SMILES string of the molecule is CCOc1nc(-c2c(C)nn3ccccc23)sc1-c1ncn[nH]1.CCOc1nc(-c2c(C)nn3ccccc23)sc1C(N)=O. The fraction of sp³-hybridized carbons (Fsp3) is 0.207. The number of hydrogen-bond acceptors (Lipinski definition) is 11. The van der Waals surface area contributed by atoms with Crippen molar-refractivity contribution in [2.45, 2.75) is 27.7 Å². The summed E-state index contributed by atoms with van der Waals surface area (Å²) in [4.78, 5) is 26.0. The molecule has 15 heteroatoms. The van der Waals surface area contributed by atoms with Gasteiger partial charge in [-0.05, 0) is 52.0 Å². The number of aromatic amines is 1. The summed E-state index contributed by atoms with van der Waals surface area (Å²) in [5.74, 6) is 0.987. The molecule has 224 valence electrons. The average Bonchev–Trinajstić information content (AvgIpc) is 3.83. The summed E-state index contributed by atoms with van der Waals surface area (Å²) < 4.78 is 14.7. The topological polar surface area (TPSA) is 164 Å². The number of hydrogen-bond donors (Lipinski definition) is 2. The minimum Gasteiger partial charge on any atom is -0.477 e. The smallest absolute Gasteiger partial charge is 0.264 e. The van der Waals surface area contributed by atoms with Crippen LogP contribution >= 0.6 is 22.7 Å². The number of fused-ring (bicyclic) bond motifs is 2. The molecular weight excluding hydrogens is 601 g/mol. The second-order valence-electron chi connectivity index (χ2n) is 9.35. The number of rotatable bonds is 8. The summed E-state index contributed by atoms with van der Waals surface area (Å²) in [5, 5.41) is 17.3. The van der Waals surface area contributed by atoms with Crippen LogP contribution in [0.3, 0.4) is 0 Å². The van der Waals surface area contributed by atoms with Gasteiger partial charge >= 0.3 is 0 Å². The van der Waals surface area contributed by atoms with Gasteiger partial charge in [-0.25, -0.2) is 24.0 Å². The van der Waals surface area contributed by atoms with Gasteiger partial charge in [0.15, 0.2) is 10.7 Å². The Morgan fingerprint density at radius 2 is 1.43 bits per heavy atom. The molecule has 7 aromatic heterocycles. The molecule has 0 aromatic carbocycles. The first-order valence-corrected chi connectivity index (χ1v) is 15.3.